The second-order valence-corrected chi connectivity index (χ2v) is 1.97. The molecule has 0 aromatic heterocycles. The molecule has 1 aromatic rings. The Labute approximate surface area is 62.3 Å². The Balaban J connectivity index is 3.15. The molecule has 0 aliphatic rings. The smallest absolute Gasteiger partial charge is 0.335 e. The maximum atomic E-state index is 10.6. The molecule has 0 heterocycles. The molecule has 0 amide bonds. The van der Waals surface area contributed by atoms with Crippen LogP contribution in [0.25, 0.3) is 0 Å². The van der Waals surface area contributed by atoms with Crippen LogP contribution in [0.5, 0.6) is 11.5 Å². The van der Waals surface area contributed by atoms with Crippen molar-refractivity contribution in [2.45, 2.75) is 0 Å². The van der Waals surface area contributed by atoms with Gasteiger partial charge >= 0.3 is 5.97 Å². The Morgan fingerprint density at radius 1 is 1.27 bits per heavy atom. The second kappa shape index (κ2) is 2.49. The molecule has 4 nitrogen and oxygen atoms in total. The van der Waals surface area contributed by atoms with Crippen LogP contribution in [0.2, 0.25) is 0 Å². The monoisotopic (exact) mass is 152 g/mol. The molecular weight excluding hydrogens is 148 g/mol. The first kappa shape index (κ1) is 7.40. The third-order valence-corrected chi connectivity index (χ3v) is 1.19. The van der Waals surface area contributed by atoms with E-state index in [2.05, 4.69) is 0 Å². The van der Waals surface area contributed by atoms with Gasteiger partial charge < -0.3 is 15.3 Å². The van der Waals surface area contributed by atoms with Crippen LogP contribution in [0.3, 0.4) is 0 Å². The molecule has 0 bridgehead atoms. The number of rotatable bonds is 1. The topological polar surface area (TPSA) is 83.4 Å². The van der Waals surface area contributed by atoms with Gasteiger partial charge in [0.1, 0.15) is 0 Å². The molecule has 1 rings (SSSR count). The minimum absolute atomic E-state index is 0.158. The lowest BCUT2D eigenvalue weighted by atomic mass is 10.2. The van der Waals surface area contributed by atoms with Gasteiger partial charge in [0.2, 0.25) is 0 Å². The molecule has 0 aliphatic carbocycles. The van der Waals surface area contributed by atoms with E-state index in [1.807, 2.05) is 0 Å². The van der Waals surface area contributed by atoms with E-state index in [1.165, 1.54) is 0 Å². The Morgan fingerprint density at radius 2 is 1.91 bits per heavy atom. The molecule has 1 aromatic carbocycles. The highest BCUT2D eigenvalue weighted by atomic mass is 16.4. The van der Waals surface area contributed by atoms with E-state index in [0.717, 1.165) is 18.2 Å². The molecule has 0 saturated carbocycles. The average molecular weight is 152 g/mol. The van der Waals surface area contributed by atoms with E-state index >= 15 is 0 Å². The van der Waals surface area contributed by atoms with Gasteiger partial charge in [-0.1, -0.05) is 12.1 Å². The van der Waals surface area contributed by atoms with Crippen LogP contribution in [-0.2, 0) is 0 Å². The summed E-state index contributed by atoms with van der Waals surface area (Å²) in [5.41, 5.74) is -0.158. The Kier molecular flexibility index (Phi) is 1.68. The van der Waals surface area contributed by atoms with Crippen LogP contribution in [0.4, 0.5) is 0 Å². The van der Waals surface area contributed by atoms with Gasteiger partial charge in [-0.15, -0.1) is 11.5 Å². The van der Waals surface area contributed by atoms with Crippen molar-refractivity contribution in [3.8, 4) is 11.5 Å². The number of benzene rings is 1. The predicted molar refractivity (Wildman–Crippen MR) is 32.3 cm³/mol. The van der Waals surface area contributed by atoms with E-state index in [9.17, 15) is 15.0 Å². The van der Waals surface area contributed by atoms with Crippen molar-refractivity contribution in [3.05, 3.63) is 23.8 Å². The fourth-order valence-electron chi connectivity index (χ4n) is 0.641. The van der Waals surface area contributed by atoms with Crippen LogP contribution >= 0.6 is 0 Å². The van der Waals surface area contributed by atoms with Crippen LogP contribution in [0, 0.1) is 0 Å². The van der Waals surface area contributed by atoms with Gasteiger partial charge in [-0.05, 0) is 6.07 Å². The normalized spacial score (nSPS) is 9.45. The fraction of sp³-hybridized carbons (Fsp3) is 0. The molecule has 0 unspecified atom stereocenters. The van der Waals surface area contributed by atoms with Crippen LogP contribution < -0.4 is 10.2 Å². The third-order valence-electron chi connectivity index (χ3n) is 1.19. The van der Waals surface area contributed by atoms with Crippen LogP contribution in [0.1, 0.15) is 10.4 Å². The van der Waals surface area contributed by atoms with Gasteiger partial charge in [0, 0.05) is 0 Å². The number of hydrogen-bond donors (Lipinski definition) is 1. The zero-order chi connectivity index (χ0) is 8.43. The molecular formula is C7H4O4-2. The number of carbonyl (C=O) groups is 1. The van der Waals surface area contributed by atoms with E-state index < -0.39 is 17.5 Å². The van der Waals surface area contributed by atoms with Crippen molar-refractivity contribution in [2.75, 3.05) is 0 Å². The number of carboxylic acid groups (broad SMARTS) is 1. The van der Waals surface area contributed by atoms with E-state index in [1.54, 1.807) is 0 Å². The molecule has 58 valence electrons. The summed E-state index contributed by atoms with van der Waals surface area (Å²) in [5.74, 6) is -2.68. The maximum Gasteiger partial charge on any atom is 0.335 e. The summed E-state index contributed by atoms with van der Waals surface area (Å²) in [7, 11) is 0. The SMILES string of the molecule is O=C(O)c1ccc([O-])c([O-])c1. The number of hydrogen-bond acceptors (Lipinski definition) is 3. The molecule has 0 atom stereocenters. The standard InChI is InChI=1S/C7H6O4/c8-5-2-1-4(7(10)11)3-6(5)9/h1-3,8-9H,(H,10,11)/p-2. The Hall–Kier alpha value is -1.71. The maximum absolute atomic E-state index is 10.6. The molecule has 0 spiro atoms. The van der Waals surface area contributed by atoms with Crippen molar-refractivity contribution in [1.82, 2.24) is 0 Å². The van der Waals surface area contributed by atoms with Crippen molar-refractivity contribution < 1.29 is 20.1 Å². The molecule has 1 N–H and O–H groups in total. The van der Waals surface area contributed by atoms with Gasteiger partial charge in [0.25, 0.3) is 0 Å². The molecule has 4 heteroatoms. The summed E-state index contributed by atoms with van der Waals surface area (Å²) >= 11 is 0. The highest BCUT2D eigenvalue weighted by Gasteiger charge is 1.98. The summed E-state index contributed by atoms with van der Waals surface area (Å²) in [6, 6.07) is 2.86. The molecule has 0 saturated heterocycles. The number of carboxylic acids is 1. The number of aromatic carboxylic acids is 1. The third kappa shape index (κ3) is 1.40. The molecule has 0 radical (unpaired) electrons. The fourth-order valence-corrected chi connectivity index (χ4v) is 0.641. The van der Waals surface area contributed by atoms with Gasteiger partial charge in [-0.25, -0.2) is 4.79 Å². The second-order valence-electron chi connectivity index (χ2n) is 1.97. The quantitative estimate of drug-likeness (QED) is 0.589. The van der Waals surface area contributed by atoms with Crippen molar-refractivity contribution in [3.63, 3.8) is 0 Å². The van der Waals surface area contributed by atoms with E-state index in [-0.39, 0.29) is 5.56 Å². The average Bonchev–Trinajstić information content (AvgIpc) is 1.94. The lowest BCUT2D eigenvalue weighted by molar-refractivity contribution is -0.317. The summed E-state index contributed by atoms with van der Waals surface area (Å²) in [6.07, 6.45) is 0. The van der Waals surface area contributed by atoms with E-state index in [4.69, 9.17) is 5.11 Å². The van der Waals surface area contributed by atoms with Gasteiger partial charge in [0.05, 0.1) is 5.56 Å². The largest absolute Gasteiger partial charge is 0.873 e. The minimum atomic E-state index is -1.21. The van der Waals surface area contributed by atoms with Gasteiger partial charge in [0.15, 0.2) is 0 Å². The first-order valence-electron chi connectivity index (χ1n) is 2.82. The van der Waals surface area contributed by atoms with Gasteiger partial charge in [-0.2, -0.15) is 0 Å². The van der Waals surface area contributed by atoms with Gasteiger partial charge in [-0.3, -0.25) is 0 Å². The first-order valence-corrected chi connectivity index (χ1v) is 2.82. The van der Waals surface area contributed by atoms with Crippen LogP contribution in [-0.4, -0.2) is 11.1 Å². The summed E-state index contributed by atoms with van der Waals surface area (Å²) in [5, 5.41) is 29.4. The summed E-state index contributed by atoms with van der Waals surface area (Å²) < 4.78 is 0. The Bertz CT molecular complexity index is 292. The molecule has 11 heavy (non-hydrogen) atoms. The predicted octanol–water partition coefficient (Wildman–Crippen LogP) is -0.468. The summed E-state index contributed by atoms with van der Waals surface area (Å²) in [6.45, 7) is 0. The van der Waals surface area contributed by atoms with Crippen LogP contribution in [0.15, 0.2) is 18.2 Å². The molecule has 0 fully saturated rings. The lowest BCUT2D eigenvalue weighted by Gasteiger charge is -2.16. The Morgan fingerprint density at radius 3 is 2.36 bits per heavy atom. The van der Waals surface area contributed by atoms with Crippen molar-refractivity contribution >= 4 is 5.97 Å². The lowest BCUT2D eigenvalue weighted by Crippen LogP contribution is -2.02. The van der Waals surface area contributed by atoms with Crippen molar-refractivity contribution in [1.29, 1.82) is 0 Å². The molecule has 0 aliphatic heterocycles. The minimum Gasteiger partial charge on any atom is -0.873 e. The van der Waals surface area contributed by atoms with E-state index in [0.29, 0.717) is 0 Å². The zero-order valence-corrected chi connectivity index (χ0v) is 5.40. The zero-order valence-electron chi connectivity index (χ0n) is 5.40. The summed E-state index contributed by atoms with van der Waals surface area (Å²) in [4.78, 5) is 10.2. The highest BCUT2D eigenvalue weighted by molar-refractivity contribution is 5.88. The first-order chi connectivity index (χ1) is 5.11. The van der Waals surface area contributed by atoms with Crippen molar-refractivity contribution in [2.24, 2.45) is 0 Å². The highest BCUT2D eigenvalue weighted by Crippen LogP contribution is 2.18.